The Morgan fingerprint density at radius 2 is 1.67 bits per heavy atom. The van der Waals surface area contributed by atoms with Gasteiger partial charge in [-0.15, -0.1) is 0 Å². The Morgan fingerprint density at radius 3 is 2.37 bits per heavy atom. The topological polar surface area (TPSA) is 35.6 Å². The summed E-state index contributed by atoms with van der Waals surface area (Å²) in [4.78, 5) is 17.3. The van der Waals surface area contributed by atoms with E-state index >= 15 is 0 Å². The second kappa shape index (κ2) is 9.67. The first-order valence-corrected chi connectivity index (χ1v) is 10.0. The van der Waals surface area contributed by atoms with E-state index in [1.54, 1.807) is 0 Å². The molecule has 2 aromatic carbocycles. The first kappa shape index (κ1) is 19.6. The zero-order valence-corrected chi connectivity index (χ0v) is 16.6. The summed E-state index contributed by atoms with van der Waals surface area (Å²) in [7, 11) is 0. The predicted molar refractivity (Wildman–Crippen MR) is 112 cm³/mol. The van der Waals surface area contributed by atoms with Crippen LogP contribution in [0.2, 0.25) is 0 Å². The molecule has 4 heteroatoms. The predicted octanol–water partition coefficient (Wildman–Crippen LogP) is 3.36. The molecular formula is C23H31N3O. The minimum atomic E-state index is 0.0942. The maximum absolute atomic E-state index is 12.5. The van der Waals surface area contributed by atoms with Crippen LogP contribution in [0.4, 0.5) is 5.69 Å². The van der Waals surface area contributed by atoms with Crippen molar-refractivity contribution in [3.8, 4) is 0 Å². The third-order valence-electron chi connectivity index (χ3n) is 5.40. The highest BCUT2D eigenvalue weighted by Crippen LogP contribution is 2.21. The van der Waals surface area contributed by atoms with Crippen LogP contribution in [-0.2, 0) is 17.6 Å². The molecular weight excluding hydrogens is 334 g/mol. The fourth-order valence-corrected chi connectivity index (χ4v) is 3.69. The molecule has 2 aromatic rings. The van der Waals surface area contributed by atoms with Gasteiger partial charge in [0.2, 0.25) is 5.91 Å². The Labute approximate surface area is 163 Å². The van der Waals surface area contributed by atoms with E-state index in [2.05, 4.69) is 77.5 Å². The highest BCUT2D eigenvalue weighted by molar-refractivity contribution is 5.93. The molecule has 1 aliphatic rings. The number of nitrogens with zero attached hydrogens (tertiary/aromatic N) is 2. The summed E-state index contributed by atoms with van der Waals surface area (Å²) in [5, 5.41) is 3.14. The molecule has 1 N–H and O–H groups in total. The quantitative estimate of drug-likeness (QED) is 0.817. The van der Waals surface area contributed by atoms with Gasteiger partial charge >= 0.3 is 0 Å². The monoisotopic (exact) mass is 365 g/mol. The van der Waals surface area contributed by atoms with E-state index in [-0.39, 0.29) is 5.91 Å². The van der Waals surface area contributed by atoms with Gasteiger partial charge in [-0.05, 0) is 36.5 Å². The van der Waals surface area contributed by atoms with Crippen molar-refractivity contribution in [1.82, 2.24) is 9.80 Å². The number of anilines is 1. The number of amides is 1. The van der Waals surface area contributed by atoms with Crippen LogP contribution in [0.15, 0.2) is 48.5 Å². The summed E-state index contributed by atoms with van der Waals surface area (Å²) < 4.78 is 0. The van der Waals surface area contributed by atoms with E-state index in [9.17, 15) is 4.79 Å². The lowest BCUT2D eigenvalue weighted by Gasteiger charge is -2.34. The number of hydrogen-bond acceptors (Lipinski definition) is 3. The van der Waals surface area contributed by atoms with Gasteiger partial charge in [-0.2, -0.15) is 0 Å². The number of rotatable bonds is 7. The van der Waals surface area contributed by atoms with Gasteiger partial charge in [-0.3, -0.25) is 9.69 Å². The highest BCUT2D eigenvalue weighted by atomic mass is 16.2. The molecule has 0 radical (unpaired) electrons. The standard InChI is InChI=1S/C23H31N3O/c1-3-21-11-7-8-19(2)23(21)24-22(27)18-26-16-14-25(15-17-26)13-12-20-9-5-4-6-10-20/h4-11H,3,12-18H2,1-2H3,(H,24,27). The maximum atomic E-state index is 12.5. The average molecular weight is 366 g/mol. The van der Waals surface area contributed by atoms with Crippen molar-refractivity contribution in [2.45, 2.75) is 26.7 Å². The minimum Gasteiger partial charge on any atom is -0.324 e. The molecule has 1 aliphatic heterocycles. The Bertz CT molecular complexity index is 737. The molecule has 0 aromatic heterocycles. The first-order valence-electron chi connectivity index (χ1n) is 10.0. The molecule has 1 heterocycles. The van der Waals surface area contributed by atoms with Gasteiger partial charge in [0, 0.05) is 38.4 Å². The van der Waals surface area contributed by atoms with Gasteiger partial charge in [-0.1, -0.05) is 55.5 Å². The van der Waals surface area contributed by atoms with Gasteiger partial charge in [0.25, 0.3) is 0 Å². The van der Waals surface area contributed by atoms with E-state index < -0.39 is 0 Å². The molecule has 0 bridgehead atoms. The van der Waals surface area contributed by atoms with Crippen molar-refractivity contribution in [3.63, 3.8) is 0 Å². The van der Waals surface area contributed by atoms with Crippen LogP contribution in [0.25, 0.3) is 0 Å². The van der Waals surface area contributed by atoms with Crippen LogP contribution in [0.1, 0.15) is 23.6 Å². The first-order chi connectivity index (χ1) is 13.2. The SMILES string of the molecule is CCc1cccc(C)c1NC(=O)CN1CCN(CCc2ccccc2)CC1. The van der Waals surface area contributed by atoms with Crippen LogP contribution < -0.4 is 5.32 Å². The fraction of sp³-hybridized carbons (Fsp3) is 0.435. The molecule has 1 amide bonds. The summed E-state index contributed by atoms with van der Waals surface area (Å²) in [6.07, 6.45) is 2.02. The normalized spacial score (nSPS) is 15.6. The number of piperazine rings is 1. The Morgan fingerprint density at radius 1 is 0.963 bits per heavy atom. The molecule has 1 saturated heterocycles. The second-order valence-corrected chi connectivity index (χ2v) is 7.36. The summed E-state index contributed by atoms with van der Waals surface area (Å²) in [5.41, 5.74) is 4.72. The summed E-state index contributed by atoms with van der Waals surface area (Å²) in [5.74, 6) is 0.0942. The van der Waals surface area contributed by atoms with Crippen LogP contribution in [0.5, 0.6) is 0 Å². The Balaban J connectivity index is 1.43. The van der Waals surface area contributed by atoms with Gasteiger partial charge in [-0.25, -0.2) is 0 Å². The van der Waals surface area contributed by atoms with Gasteiger partial charge in [0.15, 0.2) is 0 Å². The van der Waals surface area contributed by atoms with E-state index in [1.165, 1.54) is 11.1 Å². The van der Waals surface area contributed by atoms with Crippen LogP contribution >= 0.6 is 0 Å². The van der Waals surface area contributed by atoms with Crippen LogP contribution in [-0.4, -0.2) is 55.0 Å². The number of hydrogen-bond donors (Lipinski definition) is 1. The molecule has 0 saturated carbocycles. The lowest BCUT2D eigenvalue weighted by Crippen LogP contribution is -2.49. The number of aryl methyl sites for hydroxylation is 2. The third kappa shape index (κ3) is 5.65. The second-order valence-electron chi connectivity index (χ2n) is 7.36. The molecule has 1 fully saturated rings. The van der Waals surface area contributed by atoms with E-state index in [1.807, 2.05) is 0 Å². The van der Waals surface area contributed by atoms with E-state index in [0.717, 1.165) is 56.8 Å². The number of nitrogens with one attached hydrogen (secondary N) is 1. The fourth-order valence-electron chi connectivity index (χ4n) is 3.69. The molecule has 0 spiro atoms. The third-order valence-corrected chi connectivity index (χ3v) is 5.40. The zero-order valence-electron chi connectivity index (χ0n) is 16.6. The number of benzene rings is 2. The van der Waals surface area contributed by atoms with Crippen molar-refractivity contribution in [2.75, 3.05) is 44.6 Å². The highest BCUT2D eigenvalue weighted by Gasteiger charge is 2.19. The molecule has 4 nitrogen and oxygen atoms in total. The van der Waals surface area contributed by atoms with Crippen molar-refractivity contribution in [3.05, 3.63) is 65.2 Å². The van der Waals surface area contributed by atoms with E-state index in [0.29, 0.717) is 6.54 Å². The molecule has 0 unspecified atom stereocenters. The lowest BCUT2D eigenvalue weighted by molar-refractivity contribution is -0.117. The summed E-state index contributed by atoms with van der Waals surface area (Å²) in [6.45, 7) is 9.72. The van der Waals surface area contributed by atoms with Crippen molar-refractivity contribution < 1.29 is 4.79 Å². The zero-order chi connectivity index (χ0) is 19.1. The number of carbonyl (C=O) groups excluding carboxylic acids is 1. The van der Waals surface area contributed by atoms with Crippen molar-refractivity contribution in [1.29, 1.82) is 0 Å². The molecule has 0 atom stereocenters. The van der Waals surface area contributed by atoms with Gasteiger partial charge in [0.1, 0.15) is 0 Å². The van der Waals surface area contributed by atoms with Crippen LogP contribution in [0.3, 0.4) is 0 Å². The maximum Gasteiger partial charge on any atom is 0.238 e. The summed E-state index contributed by atoms with van der Waals surface area (Å²) >= 11 is 0. The largest absolute Gasteiger partial charge is 0.324 e. The summed E-state index contributed by atoms with van der Waals surface area (Å²) in [6, 6.07) is 16.8. The molecule has 0 aliphatic carbocycles. The average Bonchev–Trinajstić information content (AvgIpc) is 2.70. The van der Waals surface area contributed by atoms with Crippen molar-refractivity contribution >= 4 is 11.6 Å². The smallest absolute Gasteiger partial charge is 0.238 e. The number of para-hydroxylation sites is 1. The van der Waals surface area contributed by atoms with E-state index in [4.69, 9.17) is 0 Å². The van der Waals surface area contributed by atoms with Crippen LogP contribution in [0, 0.1) is 6.92 Å². The Kier molecular flexibility index (Phi) is 7.02. The Hall–Kier alpha value is -2.17. The molecule has 27 heavy (non-hydrogen) atoms. The molecule has 3 rings (SSSR count). The minimum absolute atomic E-state index is 0.0942. The van der Waals surface area contributed by atoms with Gasteiger partial charge in [0.05, 0.1) is 6.54 Å². The molecule has 144 valence electrons. The number of carbonyl (C=O) groups is 1. The van der Waals surface area contributed by atoms with Crippen molar-refractivity contribution in [2.24, 2.45) is 0 Å². The van der Waals surface area contributed by atoms with Gasteiger partial charge < -0.3 is 10.2 Å². The lowest BCUT2D eigenvalue weighted by atomic mass is 10.1.